The molecule has 2 heterocycles. The number of hydrogen-bond donors (Lipinski definition) is 4. The molecule has 0 bridgehead atoms. The number of nitrogens with zero attached hydrogens (tertiary/aromatic N) is 5. The molecule has 13 nitrogen and oxygen atoms in total. The summed E-state index contributed by atoms with van der Waals surface area (Å²) >= 11 is 0. The van der Waals surface area contributed by atoms with E-state index in [1.165, 1.54) is 42.1 Å². The lowest BCUT2D eigenvalue weighted by atomic mass is 10.2. The fourth-order valence-corrected chi connectivity index (χ4v) is 2.61. The summed E-state index contributed by atoms with van der Waals surface area (Å²) in [5.74, 6) is 0.0531. The Kier molecular flexibility index (Phi) is 5.52. The van der Waals surface area contributed by atoms with Gasteiger partial charge in [0.25, 0.3) is 11.2 Å². The second-order valence-electron chi connectivity index (χ2n) is 6.09. The number of anilines is 1. The van der Waals surface area contributed by atoms with Gasteiger partial charge in [-0.2, -0.15) is 10.1 Å². The van der Waals surface area contributed by atoms with Gasteiger partial charge in [-0.15, -0.1) is 0 Å². The van der Waals surface area contributed by atoms with E-state index in [0.717, 1.165) is 4.57 Å². The van der Waals surface area contributed by atoms with E-state index in [9.17, 15) is 24.8 Å². The van der Waals surface area contributed by atoms with Crippen molar-refractivity contribution in [3.63, 3.8) is 0 Å². The number of hydrazone groups is 1. The molecule has 1 unspecified atom stereocenters. The zero-order valence-corrected chi connectivity index (χ0v) is 15.1. The minimum atomic E-state index is -1.18. The molecule has 0 spiro atoms. The summed E-state index contributed by atoms with van der Waals surface area (Å²) in [4.78, 5) is 40.5. The van der Waals surface area contributed by atoms with E-state index in [0.29, 0.717) is 5.56 Å². The number of hydrogen-bond acceptors (Lipinski definition) is 9. The number of non-ortho nitro benzene ring substituents is 1. The summed E-state index contributed by atoms with van der Waals surface area (Å²) < 4.78 is 2.42. The topological polar surface area (TPSA) is 181 Å². The Hall–Kier alpha value is -3.84. The fraction of sp³-hybridized carbons (Fsp3) is 0.250. The number of nitro benzene ring substituents is 1. The Balaban J connectivity index is 1.97. The van der Waals surface area contributed by atoms with Gasteiger partial charge in [0, 0.05) is 19.2 Å². The van der Waals surface area contributed by atoms with Gasteiger partial charge < -0.3 is 14.8 Å². The molecule has 13 heteroatoms. The maximum atomic E-state index is 12.2. The number of aryl methyl sites for hydroxylation is 1. The lowest BCUT2D eigenvalue weighted by molar-refractivity contribution is -0.384. The Labute approximate surface area is 161 Å². The fourth-order valence-electron chi connectivity index (χ4n) is 2.61. The van der Waals surface area contributed by atoms with Crippen LogP contribution in [-0.4, -0.2) is 53.2 Å². The van der Waals surface area contributed by atoms with Crippen LogP contribution in [0.5, 0.6) is 0 Å². The highest BCUT2D eigenvalue weighted by molar-refractivity contribution is 5.81. The number of rotatable bonds is 7. The van der Waals surface area contributed by atoms with E-state index in [4.69, 9.17) is 5.11 Å². The lowest BCUT2D eigenvalue weighted by Crippen LogP contribution is -2.30. The van der Waals surface area contributed by atoms with Gasteiger partial charge in [-0.25, -0.2) is 10.2 Å². The van der Waals surface area contributed by atoms with E-state index in [1.54, 1.807) is 0 Å². The first-order valence-corrected chi connectivity index (χ1v) is 8.33. The molecule has 0 saturated carbocycles. The molecule has 3 rings (SSSR count). The van der Waals surface area contributed by atoms with E-state index < -0.39 is 28.9 Å². The number of nitro groups is 1. The van der Waals surface area contributed by atoms with E-state index in [1.807, 2.05) is 0 Å². The first-order chi connectivity index (χ1) is 13.8. The number of fused-ring (bicyclic) bond motifs is 1. The monoisotopic (exact) mass is 403 g/mol. The van der Waals surface area contributed by atoms with Crippen molar-refractivity contribution in [2.75, 3.05) is 12.0 Å². The molecule has 152 valence electrons. The van der Waals surface area contributed by atoms with Crippen LogP contribution in [0.3, 0.4) is 0 Å². The zero-order chi connectivity index (χ0) is 21.1. The van der Waals surface area contributed by atoms with Gasteiger partial charge >= 0.3 is 5.69 Å². The smallest absolute Gasteiger partial charge is 0.329 e. The van der Waals surface area contributed by atoms with Crippen LogP contribution in [-0.2, 0) is 13.6 Å². The van der Waals surface area contributed by atoms with Crippen LogP contribution in [0.1, 0.15) is 5.56 Å². The largest absolute Gasteiger partial charge is 0.394 e. The number of H-pyrrole nitrogens is 1. The number of aromatic nitrogens is 4. The molecule has 0 radical (unpaired) electrons. The van der Waals surface area contributed by atoms with Crippen LogP contribution in [0.25, 0.3) is 11.2 Å². The maximum Gasteiger partial charge on any atom is 0.329 e. The molecule has 0 amide bonds. The predicted octanol–water partition coefficient (Wildman–Crippen LogP) is -0.869. The third-order valence-electron chi connectivity index (χ3n) is 4.09. The molecule has 3 aromatic rings. The van der Waals surface area contributed by atoms with Crippen molar-refractivity contribution in [1.29, 1.82) is 0 Å². The zero-order valence-electron chi connectivity index (χ0n) is 15.1. The number of nitrogens with one attached hydrogen (secondary N) is 2. The SMILES string of the molecule is Cn1c(=O)[nH]c(=O)c2c1nc(NN=Cc1ccc([N+](=O)[O-])cc1)n2CC(O)CO. The molecule has 0 aliphatic carbocycles. The third-order valence-corrected chi connectivity index (χ3v) is 4.09. The quantitative estimate of drug-likeness (QED) is 0.223. The van der Waals surface area contributed by atoms with Gasteiger partial charge in [0.05, 0.1) is 30.4 Å². The van der Waals surface area contributed by atoms with Crippen molar-refractivity contribution >= 4 is 29.0 Å². The highest BCUT2D eigenvalue weighted by Gasteiger charge is 2.19. The van der Waals surface area contributed by atoms with Crippen LogP contribution in [0.4, 0.5) is 11.6 Å². The molecule has 1 atom stereocenters. The Morgan fingerprint density at radius 1 is 1.38 bits per heavy atom. The van der Waals surface area contributed by atoms with Crippen molar-refractivity contribution < 1.29 is 15.1 Å². The van der Waals surface area contributed by atoms with Crippen LogP contribution in [0, 0.1) is 10.1 Å². The second kappa shape index (κ2) is 8.04. The molecule has 1 aromatic carbocycles. The summed E-state index contributed by atoms with van der Waals surface area (Å²) in [5, 5.41) is 33.6. The summed E-state index contributed by atoms with van der Waals surface area (Å²) in [6.45, 7) is -0.724. The van der Waals surface area contributed by atoms with Gasteiger partial charge in [0.2, 0.25) is 5.95 Å². The molecular weight excluding hydrogens is 386 g/mol. The average Bonchev–Trinajstić information content (AvgIpc) is 3.05. The molecule has 0 fully saturated rings. The first kappa shape index (κ1) is 19.9. The molecule has 0 saturated heterocycles. The molecule has 4 N–H and O–H groups in total. The van der Waals surface area contributed by atoms with E-state index in [2.05, 4.69) is 20.5 Å². The second-order valence-corrected chi connectivity index (χ2v) is 6.09. The first-order valence-electron chi connectivity index (χ1n) is 8.33. The van der Waals surface area contributed by atoms with Gasteiger partial charge in [-0.3, -0.25) is 24.5 Å². The maximum absolute atomic E-state index is 12.2. The van der Waals surface area contributed by atoms with Gasteiger partial charge in [0.1, 0.15) is 0 Å². The Morgan fingerprint density at radius 2 is 2.07 bits per heavy atom. The number of imidazole rings is 1. The average molecular weight is 403 g/mol. The summed E-state index contributed by atoms with van der Waals surface area (Å²) in [7, 11) is 1.42. The number of aromatic amines is 1. The molecule has 0 aliphatic rings. The van der Waals surface area contributed by atoms with E-state index in [-0.39, 0.29) is 29.3 Å². The van der Waals surface area contributed by atoms with Crippen molar-refractivity contribution in [2.45, 2.75) is 12.6 Å². The van der Waals surface area contributed by atoms with E-state index >= 15 is 0 Å². The standard InChI is InChI=1S/C16H17N7O6/c1-21-13-12(14(26)19-16(21)27)22(7-11(25)8-24)15(18-13)20-17-6-9-2-4-10(5-3-9)23(28)29/h2-6,11,24-25H,7-8H2,1H3,(H,18,20)(H,19,26,27). The lowest BCUT2D eigenvalue weighted by Gasteiger charge is -2.11. The Morgan fingerprint density at radius 3 is 2.69 bits per heavy atom. The highest BCUT2D eigenvalue weighted by Crippen LogP contribution is 2.16. The summed E-state index contributed by atoms with van der Waals surface area (Å²) in [6.07, 6.45) is 0.197. The van der Waals surface area contributed by atoms with Crippen molar-refractivity contribution in [3.05, 3.63) is 60.8 Å². The van der Waals surface area contributed by atoms with Crippen molar-refractivity contribution in [3.8, 4) is 0 Å². The Bertz CT molecular complexity index is 1190. The predicted molar refractivity (Wildman–Crippen MR) is 103 cm³/mol. The summed E-state index contributed by atoms with van der Waals surface area (Å²) in [5.41, 5.74) is 1.85. The molecular formula is C16H17N7O6. The molecule has 29 heavy (non-hydrogen) atoms. The molecule has 2 aromatic heterocycles. The van der Waals surface area contributed by atoms with Crippen molar-refractivity contribution in [1.82, 2.24) is 19.1 Å². The van der Waals surface area contributed by atoms with Gasteiger partial charge in [-0.05, 0) is 17.7 Å². The normalized spacial score (nSPS) is 12.5. The third kappa shape index (κ3) is 4.04. The van der Waals surface area contributed by atoms with Crippen molar-refractivity contribution in [2.24, 2.45) is 12.1 Å². The minimum absolute atomic E-state index is 0.0210. The van der Waals surface area contributed by atoms with Crippen LogP contribution >= 0.6 is 0 Å². The van der Waals surface area contributed by atoms with Gasteiger partial charge in [-0.1, -0.05) is 0 Å². The van der Waals surface area contributed by atoms with Crippen LogP contribution in [0.15, 0.2) is 39.0 Å². The van der Waals surface area contributed by atoms with Crippen LogP contribution < -0.4 is 16.7 Å². The molecule has 0 aliphatic heterocycles. The number of benzene rings is 1. The minimum Gasteiger partial charge on any atom is -0.394 e. The number of aliphatic hydroxyl groups excluding tert-OH is 2. The number of aliphatic hydroxyl groups is 2. The van der Waals surface area contributed by atoms with Crippen LogP contribution in [0.2, 0.25) is 0 Å². The highest BCUT2D eigenvalue weighted by atomic mass is 16.6. The van der Waals surface area contributed by atoms with Gasteiger partial charge in [0.15, 0.2) is 11.2 Å². The summed E-state index contributed by atoms with van der Waals surface area (Å²) in [6, 6.07) is 5.64.